The van der Waals surface area contributed by atoms with Gasteiger partial charge in [0.25, 0.3) is 0 Å². The molecule has 0 aliphatic rings. The third-order valence-corrected chi connectivity index (χ3v) is 3.66. The molecule has 0 saturated heterocycles. The van der Waals surface area contributed by atoms with Crippen molar-refractivity contribution in [1.82, 2.24) is 10.2 Å². The highest BCUT2D eigenvalue weighted by molar-refractivity contribution is 5.89. The van der Waals surface area contributed by atoms with E-state index in [-0.39, 0.29) is 5.56 Å². The molecule has 116 valence electrons. The fraction of sp³-hybridized carbons (Fsp3) is 0.111. The number of carbonyl (C=O) groups is 1. The Balaban J connectivity index is 1.96. The SMILES string of the molecule is CN(C)c1cccc(-c2cc(-c3cccc(C(=O)O)c3)n[nH]2)c1. The van der Waals surface area contributed by atoms with Crippen molar-refractivity contribution in [2.75, 3.05) is 19.0 Å². The molecule has 0 fully saturated rings. The molecule has 3 aromatic rings. The van der Waals surface area contributed by atoms with Gasteiger partial charge in [-0.2, -0.15) is 5.10 Å². The van der Waals surface area contributed by atoms with Gasteiger partial charge in [0, 0.05) is 30.9 Å². The summed E-state index contributed by atoms with van der Waals surface area (Å²) >= 11 is 0. The van der Waals surface area contributed by atoms with Crippen LogP contribution in [0.4, 0.5) is 5.69 Å². The van der Waals surface area contributed by atoms with E-state index >= 15 is 0 Å². The van der Waals surface area contributed by atoms with Crippen LogP contribution in [0, 0.1) is 0 Å². The maximum absolute atomic E-state index is 11.1. The molecule has 0 bridgehead atoms. The number of nitrogens with zero attached hydrogens (tertiary/aromatic N) is 2. The van der Waals surface area contributed by atoms with E-state index in [1.54, 1.807) is 18.2 Å². The maximum atomic E-state index is 11.1. The summed E-state index contributed by atoms with van der Waals surface area (Å²) in [5.74, 6) is -0.943. The van der Waals surface area contributed by atoms with Crippen LogP contribution in [0.3, 0.4) is 0 Å². The van der Waals surface area contributed by atoms with Gasteiger partial charge in [0.2, 0.25) is 0 Å². The molecule has 2 aromatic carbocycles. The summed E-state index contributed by atoms with van der Waals surface area (Å²) in [6.07, 6.45) is 0. The second-order valence-corrected chi connectivity index (χ2v) is 5.50. The van der Waals surface area contributed by atoms with Crippen molar-refractivity contribution >= 4 is 11.7 Å². The van der Waals surface area contributed by atoms with Crippen LogP contribution >= 0.6 is 0 Å². The summed E-state index contributed by atoms with van der Waals surface area (Å²) in [6.45, 7) is 0. The number of rotatable bonds is 4. The molecule has 1 aromatic heterocycles. The fourth-order valence-electron chi connectivity index (χ4n) is 2.38. The Kier molecular flexibility index (Phi) is 3.85. The summed E-state index contributed by atoms with van der Waals surface area (Å²) < 4.78 is 0. The number of benzene rings is 2. The zero-order valence-electron chi connectivity index (χ0n) is 12.9. The van der Waals surface area contributed by atoms with Gasteiger partial charge in [-0.05, 0) is 30.3 Å². The summed E-state index contributed by atoms with van der Waals surface area (Å²) in [5, 5.41) is 16.4. The molecule has 0 saturated carbocycles. The van der Waals surface area contributed by atoms with Crippen LogP contribution in [0.25, 0.3) is 22.5 Å². The van der Waals surface area contributed by atoms with Crippen molar-refractivity contribution in [2.24, 2.45) is 0 Å². The number of hydrogen-bond acceptors (Lipinski definition) is 3. The Morgan fingerprint density at radius 3 is 2.52 bits per heavy atom. The molecule has 0 atom stereocenters. The number of H-pyrrole nitrogens is 1. The first kappa shape index (κ1) is 14.8. The Morgan fingerprint density at radius 2 is 1.78 bits per heavy atom. The van der Waals surface area contributed by atoms with E-state index in [0.717, 1.165) is 28.2 Å². The van der Waals surface area contributed by atoms with Gasteiger partial charge in [-0.25, -0.2) is 4.79 Å². The predicted molar refractivity (Wildman–Crippen MR) is 90.7 cm³/mol. The van der Waals surface area contributed by atoms with Gasteiger partial charge in [-0.1, -0.05) is 24.3 Å². The van der Waals surface area contributed by atoms with Crippen LogP contribution < -0.4 is 4.90 Å². The minimum Gasteiger partial charge on any atom is -0.478 e. The number of hydrogen-bond donors (Lipinski definition) is 2. The molecule has 23 heavy (non-hydrogen) atoms. The van der Waals surface area contributed by atoms with E-state index < -0.39 is 5.97 Å². The number of anilines is 1. The van der Waals surface area contributed by atoms with Crippen LogP contribution in [-0.4, -0.2) is 35.4 Å². The lowest BCUT2D eigenvalue weighted by Crippen LogP contribution is -2.08. The molecule has 0 amide bonds. The second-order valence-electron chi connectivity index (χ2n) is 5.50. The van der Waals surface area contributed by atoms with Crippen molar-refractivity contribution in [2.45, 2.75) is 0 Å². The number of aromatic nitrogens is 2. The summed E-state index contributed by atoms with van der Waals surface area (Å²) in [7, 11) is 3.99. The second kappa shape index (κ2) is 5.96. The Hall–Kier alpha value is -3.08. The van der Waals surface area contributed by atoms with E-state index in [2.05, 4.69) is 16.3 Å². The van der Waals surface area contributed by atoms with Gasteiger partial charge in [-0.15, -0.1) is 0 Å². The third kappa shape index (κ3) is 3.08. The van der Waals surface area contributed by atoms with Gasteiger partial charge < -0.3 is 10.0 Å². The van der Waals surface area contributed by atoms with Crippen molar-refractivity contribution in [3.63, 3.8) is 0 Å². The molecule has 5 nitrogen and oxygen atoms in total. The van der Waals surface area contributed by atoms with Gasteiger partial charge in [-0.3, -0.25) is 5.10 Å². The molecular weight excluding hydrogens is 290 g/mol. The molecule has 2 N–H and O–H groups in total. The largest absolute Gasteiger partial charge is 0.478 e. The molecule has 5 heteroatoms. The monoisotopic (exact) mass is 307 g/mol. The lowest BCUT2D eigenvalue weighted by atomic mass is 10.1. The highest BCUT2D eigenvalue weighted by atomic mass is 16.4. The number of nitrogens with one attached hydrogen (secondary N) is 1. The quantitative estimate of drug-likeness (QED) is 0.774. The highest BCUT2D eigenvalue weighted by Gasteiger charge is 2.09. The lowest BCUT2D eigenvalue weighted by Gasteiger charge is -2.12. The average molecular weight is 307 g/mol. The first-order valence-corrected chi connectivity index (χ1v) is 7.21. The van der Waals surface area contributed by atoms with Crippen LogP contribution in [0.2, 0.25) is 0 Å². The summed E-state index contributed by atoms with van der Waals surface area (Å²) in [4.78, 5) is 13.1. The standard InChI is InChI=1S/C18H17N3O2/c1-21(2)15-8-4-6-13(10-15)17-11-16(19-20-17)12-5-3-7-14(9-12)18(22)23/h3-11H,1-2H3,(H,19,20)(H,22,23). The first-order chi connectivity index (χ1) is 11.0. The molecule has 1 heterocycles. The predicted octanol–water partition coefficient (Wildman–Crippen LogP) is 3.51. The Morgan fingerprint density at radius 1 is 1.04 bits per heavy atom. The number of aromatic amines is 1. The van der Waals surface area contributed by atoms with Crippen LogP contribution in [0.15, 0.2) is 54.6 Å². The first-order valence-electron chi connectivity index (χ1n) is 7.21. The van der Waals surface area contributed by atoms with Gasteiger partial charge >= 0.3 is 5.97 Å². The van der Waals surface area contributed by atoms with E-state index in [9.17, 15) is 4.79 Å². The van der Waals surface area contributed by atoms with Gasteiger partial charge in [0.1, 0.15) is 0 Å². The number of aromatic carboxylic acids is 1. The van der Waals surface area contributed by atoms with Crippen molar-refractivity contribution < 1.29 is 9.90 Å². The van der Waals surface area contributed by atoms with Crippen molar-refractivity contribution in [1.29, 1.82) is 0 Å². The molecule has 0 aliphatic carbocycles. The number of carboxylic acids is 1. The smallest absolute Gasteiger partial charge is 0.335 e. The number of carboxylic acid groups (broad SMARTS) is 1. The topological polar surface area (TPSA) is 69.2 Å². The Labute approximate surface area is 134 Å². The lowest BCUT2D eigenvalue weighted by molar-refractivity contribution is 0.0697. The van der Waals surface area contributed by atoms with Crippen molar-refractivity contribution in [3.8, 4) is 22.5 Å². The molecule has 3 rings (SSSR count). The van der Waals surface area contributed by atoms with Crippen LogP contribution in [0.5, 0.6) is 0 Å². The fourth-order valence-corrected chi connectivity index (χ4v) is 2.38. The Bertz CT molecular complexity index is 853. The van der Waals surface area contributed by atoms with Gasteiger partial charge in [0.05, 0.1) is 17.0 Å². The van der Waals surface area contributed by atoms with E-state index in [1.165, 1.54) is 0 Å². The van der Waals surface area contributed by atoms with Crippen LogP contribution in [0.1, 0.15) is 10.4 Å². The molecule has 0 unspecified atom stereocenters. The van der Waals surface area contributed by atoms with E-state index in [1.807, 2.05) is 49.3 Å². The zero-order valence-corrected chi connectivity index (χ0v) is 12.9. The van der Waals surface area contributed by atoms with E-state index in [0.29, 0.717) is 0 Å². The molecular formula is C18H17N3O2. The van der Waals surface area contributed by atoms with Gasteiger partial charge in [0.15, 0.2) is 0 Å². The maximum Gasteiger partial charge on any atom is 0.335 e. The van der Waals surface area contributed by atoms with E-state index in [4.69, 9.17) is 5.11 Å². The highest BCUT2D eigenvalue weighted by Crippen LogP contribution is 2.26. The average Bonchev–Trinajstić information content (AvgIpc) is 3.05. The molecule has 0 spiro atoms. The van der Waals surface area contributed by atoms with Crippen molar-refractivity contribution in [3.05, 3.63) is 60.2 Å². The normalized spacial score (nSPS) is 10.5. The minimum atomic E-state index is -0.943. The minimum absolute atomic E-state index is 0.252. The third-order valence-electron chi connectivity index (χ3n) is 3.66. The summed E-state index contributed by atoms with van der Waals surface area (Å²) in [6, 6.07) is 16.8. The van der Waals surface area contributed by atoms with Crippen LogP contribution in [-0.2, 0) is 0 Å². The summed E-state index contributed by atoms with van der Waals surface area (Å²) in [5.41, 5.74) is 4.77. The molecule has 0 aliphatic heterocycles. The molecule has 0 radical (unpaired) electrons. The zero-order chi connectivity index (χ0) is 16.4.